The Labute approximate surface area is 89.7 Å². The van der Waals surface area contributed by atoms with E-state index in [1.54, 1.807) is 0 Å². The monoisotopic (exact) mass is 180 g/mol. The zero-order valence-corrected chi connectivity index (χ0v) is 8.68. The van der Waals surface area contributed by atoms with E-state index in [0.717, 1.165) is 12.4 Å². The molecule has 1 nitrogen and oxygen atoms in total. The minimum absolute atomic E-state index is 0. The topological polar surface area (TPSA) is 9.23 Å². The molecule has 0 saturated heterocycles. The molecule has 1 aromatic rings. The smallest absolute Gasteiger partial charge is 1.00 e. The first-order valence-corrected chi connectivity index (χ1v) is 3.02. The number of halogens is 1. The third-order valence-corrected chi connectivity index (χ3v) is 0.999. The third-order valence-electron chi connectivity index (χ3n) is 0.999. The summed E-state index contributed by atoms with van der Waals surface area (Å²) >= 11 is 0. The summed E-state index contributed by atoms with van der Waals surface area (Å²) in [5, 5.41) is 0. The van der Waals surface area contributed by atoms with Crippen LogP contribution in [0, 0.1) is 6.07 Å². The van der Waals surface area contributed by atoms with Gasteiger partial charge in [-0.2, -0.15) is 18.2 Å². The molecule has 3 heteroatoms. The molecule has 0 amide bonds. The average Bonchev–Trinajstić information content (AvgIpc) is 1.91. The van der Waals surface area contributed by atoms with Crippen molar-refractivity contribution in [2.75, 3.05) is 6.61 Å². The number of hydrogen-bond acceptors (Lipinski definition) is 1. The van der Waals surface area contributed by atoms with E-state index in [2.05, 4.69) is 6.07 Å². The Balaban J connectivity index is 0. The van der Waals surface area contributed by atoms with Crippen LogP contribution in [-0.2, 0) is 0 Å². The molecule has 0 bridgehead atoms. The molecule has 0 aliphatic heterocycles. The summed E-state index contributed by atoms with van der Waals surface area (Å²) in [7, 11) is 0. The van der Waals surface area contributed by atoms with Crippen LogP contribution in [0.25, 0.3) is 0 Å². The maximum absolute atomic E-state index is 5.19. The fraction of sp³-hybridized carbons (Fsp3) is 0.250. The summed E-state index contributed by atoms with van der Waals surface area (Å²) < 4.78 is 5.19. The minimum atomic E-state index is 0. The van der Waals surface area contributed by atoms with Crippen molar-refractivity contribution in [3.8, 4) is 5.75 Å². The van der Waals surface area contributed by atoms with E-state index in [0.29, 0.717) is 0 Å². The standard InChI is InChI=1S/C8H9O.ClH.Mg/c1-2-9-8-6-4-3-5-7-8;;/h4-7H,2H2,1H3;1H;/q-1;;+2/p-1. The van der Waals surface area contributed by atoms with Crippen LogP contribution in [-0.4, -0.2) is 29.7 Å². The molecule has 0 aliphatic rings. The summed E-state index contributed by atoms with van der Waals surface area (Å²) in [6.45, 7) is 2.70. The van der Waals surface area contributed by atoms with Crippen molar-refractivity contribution in [1.82, 2.24) is 0 Å². The first-order chi connectivity index (χ1) is 4.43. The van der Waals surface area contributed by atoms with Gasteiger partial charge in [-0.05, 0) is 6.92 Å². The maximum atomic E-state index is 5.19. The molecule has 56 valence electrons. The van der Waals surface area contributed by atoms with Gasteiger partial charge in [-0.1, -0.05) is 0 Å². The van der Waals surface area contributed by atoms with Crippen LogP contribution < -0.4 is 17.1 Å². The molecule has 0 aromatic heterocycles. The van der Waals surface area contributed by atoms with E-state index in [1.807, 2.05) is 31.2 Å². The molecule has 11 heavy (non-hydrogen) atoms. The second kappa shape index (κ2) is 8.18. The number of hydrogen-bond donors (Lipinski definition) is 0. The predicted molar refractivity (Wildman–Crippen MR) is 42.2 cm³/mol. The van der Waals surface area contributed by atoms with Crippen LogP contribution in [0.3, 0.4) is 0 Å². The van der Waals surface area contributed by atoms with Crippen LogP contribution in [0.15, 0.2) is 24.3 Å². The Kier molecular flexibility index (Phi) is 10.1. The van der Waals surface area contributed by atoms with Crippen LogP contribution in [0.2, 0.25) is 0 Å². The summed E-state index contributed by atoms with van der Waals surface area (Å²) in [4.78, 5) is 0. The second-order valence-corrected chi connectivity index (χ2v) is 1.67. The molecule has 0 spiro atoms. The van der Waals surface area contributed by atoms with Gasteiger partial charge in [0.1, 0.15) is 0 Å². The van der Waals surface area contributed by atoms with Crippen LogP contribution in [0.4, 0.5) is 0 Å². The van der Waals surface area contributed by atoms with Gasteiger partial charge in [0.2, 0.25) is 0 Å². The van der Waals surface area contributed by atoms with Crippen molar-refractivity contribution in [2.24, 2.45) is 0 Å². The fourth-order valence-corrected chi connectivity index (χ4v) is 0.634. The second-order valence-electron chi connectivity index (χ2n) is 1.67. The Bertz CT molecular complexity index is 167. The molecule has 0 radical (unpaired) electrons. The predicted octanol–water partition coefficient (Wildman–Crippen LogP) is -1.49. The van der Waals surface area contributed by atoms with Gasteiger partial charge in [-0.25, -0.2) is 0 Å². The zero-order chi connectivity index (χ0) is 6.53. The summed E-state index contributed by atoms with van der Waals surface area (Å²) in [6, 6.07) is 10.4. The number of rotatable bonds is 2. The van der Waals surface area contributed by atoms with Crippen molar-refractivity contribution in [1.29, 1.82) is 0 Å². The Morgan fingerprint density at radius 2 is 1.91 bits per heavy atom. The van der Waals surface area contributed by atoms with Gasteiger partial charge in [0, 0.05) is 5.75 Å². The molecule has 1 rings (SSSR count). The first-order valence-electron chi connectivity index (χ1n) is 3.02. The van der Waals surface area contributed by atoms with Crippen molar-refractivity contribution in [2.45, 2.75) is 6.92 Å². The molecule has 0 heterocycles. The molecule has 1 aromatic carbocycles. The summed E-state index contributed by atoms with van der Waals surface area (Å²) in [5.41, 5.74) is 0. The van der Waals surface area contributed by atoms with E-state index < -0.39 is 0 Å². The Morgan fingerprint density at radius 3 is 2.36 bits per heavy atom. The van der Waals surface area contributed by atoms with E-state index >= 15 is 0 Å². The number of ether oxygens (including phenoxy) is 1. The van der Waals surface area contributed by atoms with Crippen molar-refractivity contribution >= 4 is 23.1 Å². The van der Waals surface area contributed by atoms with Crippen molar-refractivity contribution < 1.29 is 17.1 Å². The van der Waals surface area contributed by atoms with Crippen LogP contribution >= 0.6 is 0 Å². The van der Waals surface area contributed by atoms with Crippen molar-refractivity contribution in [3.05, 3.63) is 30.3 Å². The molecule has 0 fully saturated rings. The van der Waals surface area contributed by atoms with E-state index in [-0.39, 0.29) is 35.5 Å². The molecule has 0 unspecified atom stereocenters. The minimum Gasteiger partial charge on any atom is -1.00 e. The molecule has 0 saturated carbocycles. The molecule has 0 N–H and O–H groups in total. The molecule has 0 atom stereocenters. The van der Waals surface area contributed by atoms with Gasteiger partial charge in [0.25, 0.3) is 0 Å². The normalized spacial score (nSPS) is 7.36. The Hall–Kier alpha value is 0.0762. The number of benzene rings is 1. The molecular weight excluding hydrogens is 172 g/mol. The van der Waals surface area contributed by atoms with Gasteiger partial charge in [0.15, 0.2) is 0 Å². The van der Waals surface area contributed by atoms with Crippen molar-refractivity contribution in [3.63, 3.8) is 0 Å². The van der Waals surface area contributed by atoms with Crippen LogP contribution in [0.5, 0.6) is 5.75 Å². The first kappa shape index (κ1) is 13.7. The van der Waals surface area contributed by atoms with Gasteiger partial charge in [-0.3, -0.25) is 0 Å². The third kappa shape index (κ3) is 5.36. The van der Waals surface area contributed by atoms with Gasteiger partial charge in [0.05, 0.1) is 6.61 Å². The van der Waals surface area contributed by atoms with Crippen LogP contribution in [0.1, 0.15) is 6.92 Å². The zero-order valence-electron chi connectivity index (χ0n) is 6.51. The fourth-order valence-electron chi connectivity index (χ4n) is 0.634. The van der Waals surface area contributed by atoms with E-state index in [9.17, 15) is 0 Å². The van der Waals surface area contributed by atoms with Gasteiger partial charge in [-0.15, -0.1) is 12.1 Å². The Morgan fingerprint density at radius 1 is 1.36 bits per heavy atom. The molecule has 0 aliphatic carbocycles. The maximum Gasteiger partial charge on any atom is 2.00 e. The van der Waals surface area contributed by atoms with E-state index in [4.69, 9.17) is 4.74 Å². The van der Waals surface area contributed by atoms with Gasteiger partial charge >= 0.3 is 23.1 Å². The average molecular weight is 181 g/mol. The quantitative estimate of drug-likeness (QED) is 0.398. The largest absolute Gasteiger partial charge is 2.00 e. The molecular formula is C8H9ClMgO. The summed E-state index contributed by atoms with van der Waals surface area (Å²) in [5.74, 6) is 0.913. The SMILES string of the molecule is CCOc1cc[c-]cc1.[Cl-].[Mg+2]. The van der Waals surface area contributed by atoms with Gasteiger partial charge < -0.3 is 17.1 Å². The summed E-state index contributed by atoms with van der Waals surface area (Å²) in [6.07, 6.45) is 0. The van der Waals surface area contributed by atoms with E-state index in [1.165, 1.54) is 0 Å².